The van der Waals surface area contributed by atoms with Gasteiger partial charge in [0.25, 0.3) is 5.91 Å². The molecule has 1 unspecified atom stereocenters. The zero-order valence-electron chi connectivity index (χ0n) is 37.6. The van der Waals surface area contributed by atoms with Crippen LogP contribution in [0, 0.1) is 18.6 Å². The molecule has 0 aliphatic heterocycles. The molecular weight excluding hydrogens is 889 g/mol. The highest BCUT2D eigenvalue weighted by molar-refractivity contribution is 7.97. The molecule has 67 heavy (non-hydrogen) atoms. The SMILES string of the molecule is Cc1nc2c(F)cc(-c3nc(Nc4ccc(SNCCOCc5cn(CCOCCOCCNc6cccc(C=O)c6C(=O)N(C)C(C=O)CCC=O)nn5)cc4)ncc3F)cc2n1C(C)C. The quantitative estimate of drug-likeness (QED) is 0.0277. The van der Waals surface area contributed by atoms with Crippen molar-refractivity contribution in [3.63, 3.8) is 0 Å². The maximum Gasteiger partial charge on any atom is 0.257 e. The molecule has 3 aromatic carbocycles. The van der Waals surface area contributed by atoms with Gasteiger partial charge in [-0.1, -0.05) is 17.3 Å². The fraction of sp³-hybridized carbons (Fsp3) is 0.370. The highest BCUT2D eigenvalue weighted by Gasteiger charge is 2.25. The first-order valence-corrected chi connectivity index (χ1v) is 22.4. The van der Waals surface area contributed by atoms with E-state index in [0.717, 1.165) is 11.1 Å². The molecule has 3 N–H and O–H groups in total. The van der Waals surface area contributed by atoms with Crippen LogP contribution in [0.15, 0.2) is 71.9 Å². The number of nitrogens with one attached hydrogen (secondary N) is 3. The van der Waals surface area contributed by atoms with E-state index in [9.17, 15) is 23.6 Å². The molecule has 0 radical (unpaired) electrons. The largest absolute Gasteiger partial charge is 0.382 e. The summed E-state index contributed by atoms with van der Waals surface area (Å²) in [6, 6.07) is 14.5. The van der Waals surface area contributed by atoms with Crippen LogP contribution >= 0.6 is 11.9 Å². The van der Waals surface area contributed by atoms with Crippen molar-refractivity contribution >= 4 is 65.1 Å². The van der Waals surface area contributed by atoms with Gasteiger partial charge in [0, 0.05) is 60.0 Å². The highest BCUT2D eigenvalue weighted by Crippen LogP contribution is 2.31. The molecular formula is C46H53F2N11O7S. The van der Waals surface area contributed by atoms with Crippen LogP contribution in [0.1, 0.15) is 65.0 Å². The first-order chi connectivity index (χ1) is 32.5. The van der Waals surface area contributed by atoms with E-state index in [1.807, 2.05) is 49.6 Å². The van der Waals surface area contributed by atoms with Crippen LogP contribution in [0.5, 0.6) is 0 Å². The summed E-state index contributed by atoms with van der Waals surface area (Å²) < 4.78 is 54.0. The van der Waals surface area contributed by atoms with E-state index >= 15 is 4.39 Å². The highest BCUT2D eigenvalue weighted by atomic mass is 32.2. The molecule has 0 aliphatic carbocycles. The third kappa shape index (κ3) is 13.5. The number of fused-ring (bicyclic) bond motifs is 1. The van der Waals surface area contributed by atoms with E-state index in [-0.39, 0.29) is 52.7 Å². The first-order valence-electron chi connectivity index (χ1n) is 21.6. The lowest BCUT2D eigenvalue weighted by Crippen LogP contribution is -2.39. The van der Waals surface area contributed by atoms with E-state index in [1.165, 1.54) is 36.0 Å². The van der Waals surface area contributed by atoms with Crippen LogP contribution in [0.3, 0.4) is 0 Å². The smallest absolute Gasteiger partial charge is 0.257 e. The molecule has 3 heterocycles. The molecule has 0 aliphatic rings. The Kier molecular flexibility index (Phi) is 18.5. The van der Waals surface area contributed by atoms with Crippen molar-refractivity contribution in [2.24, 2.45) is 0 Å². The number of anilines is 3. The number of amides is 1. The number of halogens is 2. The van der Waals surface area contributed by atoms with Crippen molar-refractivity contribution in [2.45, 2.75) is 63.7 Å². The number of ether oxygens (including phenoxy) is 3. The van der Waals surface area contributed by atoms with E-state index in [4.69, 9.17) is 14.2 Å². The summed E-state index contributed by atoms with van der Waals surface area (Å²) in [6.07, 6.45) is 5.07. The first kappa shape index (κ1) is 49.9. The maximum absolute atomic E-state index is 15.1. The van der Waals surface area contributed by atoms with Crippen molar-refractivity contribution in [1.29, 1.82) is 0 Å². The van der Waals surface area contributed by atoms with Crippen molar-refractivity contribution in [2.75, 3.05) is 63.8 Å². The Hall–Kier alpha value is -6.52. The summed E-state index contributed by atoms with van der Waals surface area (Å²) in [5.74, 6) is -0.897. The molecule has 1 amide bonds. The normalized spacial score (nSPS) is 11.8. The number of aldehydes is 3. The molecule has 0 saturated carbocycles. The van der Waals surface area contributed by atoms with Gasteiger partial charge in [-0.3, -0.25) is 14.3 Å². The lowest BCUT2D eigenvalue weighted by atomic mass is 10.0. The number of benzene rings is 3. The van der Waals surface area contributed by atoms with Crippen LogP contribution in [0.2, 0.25) is 0 Å². The fourth-order valence-corrected chi connectivity index (χ4v) is 7.70. The molecule has 3 aromatic heterocycles. The second-order valence-corrected chi connectivity index (χ2v) is 16.4. The number of rotatable bonds is 28. The second-order valence-electron chi connectivity index (χ2n) is 15.4. The standard InChI is InChI=1S/C46H53F2N11O7S/c1-30(2)59-31(3)52-44-38(47)23-33(24-41(44)59)43-39(48)25-50-46(54-43)53-34-10-12-37(13-11-34)67-51-15-19-66-29-35-26-58(56-55-35)16-20-65-22-21-64-18-14-49-40-9-5-7-32(27-61)42(40)45(63)57(4)36(28-62)8-6-17-60/h5,7,9-13,17,23-28,30,36,49,51H,6,8,14-16,18-22,29H2,1-4H3,(H,50,53,54). The number of aromatic nitrogens is 7. The molecule has 18 nitrogen and oxygen atoms in total. The van der Waals surface area contributed by atoms with E-state index in [2.05, 4.69) is 40.6 Å². The van der Waals surface area contributed by atoms with Gasteiger partial charge < -0.3 is 43.9 Å². The van der Waals surface area contributed by atoms with Gasteiger partial charge in [0.2, 0.25) is 5.95 Å². The van der Waals surface area contributed by atoms with Crippen LogP contribution in [0.4, 0.5) is 26.1 Å². The maximum atomic E-state index is 15.1. The summed E-state index contributed by atoms with van der Waals surface area (Å²) in [4.78, 5) is 62.4. The van der Waals surface area contributed by atoms with E-state index < -0.39 is 23.6 Å². The Morgan fingerprint density at radius 2 is 1.72 bits per heavy atom. The van der Waals surface area contributed by atoms with Crippen molar-refractivity contribution in [1.82, 2.24) is 44.1 Å². The van der Waals surface area contributed by atoms with E-state index in [0.29, 0.717) is 107 Å². The van der Waals surface area contributed by atoms with Gasteiger partial charge in [-0.25, -0.2) is 28.4 Å². The molecule has 0 spiro atoms. The minimum absolute atomic E-state index is 0.0240. The number of hydrogen-bond donors (Lipinski definition) is 3. The summed E-state index contributed by atoms with van der Waals surface area (Å²) in [7, 11) is 1.47. The molecule has 1 atom stereocenters. The third-order valence-electron chi connectivity index (χ3n) is 10.3. The number of hydrogen-bond acceptors (Lipinski definition) is 16. The van der Waals surface area contributed by atoms with Crippen molar-refractivity contribution < 1.29 is 42.2 Å². The summed E-state index contributed by atoms with van der Waals surface area (Å²) in [5.41, 5.74) is 3.18. The van der Waals surface area contributed by atoms with Gasteiger partial charge in [0.15, 0.2) is 17.9 Å². The van der Waals surface area contributed by atoms with E-state index in [1.54, 1.807) is 29.1 Å². The molecule has 6 aromatic rings. The fourth-order valence-electron chi connectivity index (χ4n) is 7.07. The number of aryl methyl sites for hydroxylation is 1. The Bertz CT molecular complexity index is 2610. The lowest BCUT2D eigenvalue weighted by molar-refractivity contribution is -0.112. The van der Waals surface area contributed by atoms with Gasteiger partial charge in [-0.15, -0.1) is 5.10 Å². The van der Waals surface area contributed by atoms with Gasteiger partial charge in [-0.2, -0.15) is 0 Å². The Morgan fingerprint density at radius 3 is 2.46 bits per heavy atom. The van der Waals surface area contributed by atoms with Gasteiger partial charge in [0.05, 0.1) is 75.7 Å². The molecule has 0 fully saturated rings. The average molecular weight is 942 g/mol. The monoisotopic (exact) mass is 941 g/mol. The Labute approximate surface area is 390 Å². The molecule has 354 valence electrons. The molecule has 21 heteroatoms. The van der Waals surface area contributed by atoms with Crippen LogP contribution in [-0.4, -0.2) is 123 Å². The Balaban J connectivity index is 0.833. The summed E-state index contributed by atoms with van der Waals surface area (Å²) in [6.45, 7) is 9.27. The van der Waals surface area contributed by atoms with Crippen molar-refractivity contribution in [3.8, 4) is 11.3 Å². The van der Waals surface area contributed by atoms with Crippen LogP contribution in [-0.2, 0) is 37.0 Å². The third-order valence-corrected chi connectivity index (χ3v) is 11.2. The number of carbonyl (C=O) groups excluding carboxylic acids is 4. The van der Waals surface area contributed by atoms with Gasteiger partial charge in [0.1, 0.15) is 35.3 Å². The number of likely N-dealkylation sites (N-methyl/N-ethyl adjacent to an activating group) is 1. The zero-order valence-corrected chi connectivity index (χ0v) is 38.4. The number of imidazole rings is 1. The minimum atomic E-state index is -0.800. The number of carbonyl (C=O) groups is 4. The van der Waals surface area contributed by atoms with Gasteiger partial charge >= 0.3 is 0 Å². The lowest BCUT2D eigenvalue weighted by Gasteiger charge is -2.25. The summed E-state index contributed by atoms with van der Waals surface area (Å²) >= 11 is 1.44. The molecule has 0 saturated heterocycles. The van der Waals surface area contributed by atoms with Gasteiger partial charge in [-0.05, 0) is 81.6 Å². The molecule has 6 rings (SSSR count). The number of nitrogens with zero attached hydrogens (tertiary/aromatic N) is 8. The van der Waals surface area contributed by atoms with Crippen LogP contribution in [0.25, 0.3) is 22.3 Å². The second kappa shape index (κ2) is 24.8. The molecule has 0 bridgehead atoms. The zero-order chi connectivity index (χ0) is 47.7. The Morgan fingerprint density at radius 1 is 0.940 bits per heavy atom. The predicted octanol–water partition coefficient (Wildman–Crippen LogP) is 6.39. The predicted molar refractivity (Wildman–Crippen MR) is 248 cm³/mol. The minimum Gasteiger partial charge on any atom is -0.382 e. The topological polar surface area (TPSA) is 210 Å². The average Bonchev–Trinajstić information content (AvgIpc) is 3.93. The van der Waals surface area contributed by atoms with Crippen LogP contribution < -0.4 is 15.4 Å². The summed E-state index contributed by atoms with van der Waals surface area (Å²) in [5, 5.41) is 14.5. The van der Waals surface area contributed by atoms with Crippen molar-refractivity contribution in [3.05, 3.63) is 101 Å².